The van der Waals surface area contributed by atoms with Gasteiger partial charge >= 0.3 is 0 Å². The van der Waals surface area contributed by atoms with Crippen LogP contribution in [-0.2, 0) is 10.3 Å². The van der Waals surface area contributed by atoms with Crippen LogP contribution >= 0.6 is 0 Å². The van der Waals surface area contributed by atoms with Crippen molar-refractivity contribution in [2.45, 2.75) is 19.4 Å². The summed E-state index contributed by atoms with van der Waals surface area (Å²) in [6.45, 7) is 4.08. The maximum atomic E-state index is 13.4. The fraction of sp³-hybridized carbons (Fsp3) is 0.455. The number of hydrogen-bond donors (Lipinski definition) is 1. The quantitative estimate of drug-likeness (QED) is 0.835. The molecule has 0 radical (unpaired) electrons. The molecule has 1 unspecified atom stereocenters. The number of nitrogens with two attached hydrogens (primary N) is 1. The smallest absolute Gasteiger partial charge is 0.128 e. The average Bonchev–Trinajstić information content (AvgIpc) is 2.18. The number of halogens is 2. The van der Waals surface area contributed by atoms with Crippen LogP contribution in [0.3, 0.4) is 0 Å². The molecule has 0 saturated carbocycles. The van der Waals surface area contributed by atoms with Crippen LogP contribution in [0.2, 0.25) is 0 Å². The lowest BCUT2D eigenvalue weighted by Gasteiger charge is -2.25. The van der Waals surface area contributed by atoms with Crippen LogP contribution in [0.5, 0.6) is 0 Å². The van der Waals surface area contributed by atoms with E-state index < -0.39 is 17.2 Å². The lowest BCUT2D eigenvalue weighted by Crippen LogP contribution is -2.39. The molecule has 84 valence electrons. The first-order valence-corrected chi connectivity index (χ1v) is 4.79. The number of rotatable bonds is 4. The van der Waals surface area contributed by atoms with E-state index in [-0.39, 0.29) is 12.2 Å². The van der Waals surface area contributed by atoms with Gasteiger partial charge < -0.3 is 10.5 Å². The van der Waals surface area contributed by atoms with E-state index in [1.54, 1.807) is 6.92 Å². The van der Waals surface area contributed by atoms with Crippen LogP contribution in [0, 0.1) is 11.6 Å². The second kappa shape index (κ2) is 4.68. The van der Waals surface area contributed by atoms with Gasteiger partial charge in [0.15, 0.2) is 0 Å². The third kappa shape index (κ3) is 2.97. The predicted octanol–water partition coefficient (Wildman–Crippen LogP) is 2.18. The summed E-state index contributed by atoms with van der Waals surface area (Å²) in [7, 11) is 0. The molecule has 0 aliphatic carbocycles. The van der Waals surface area contributed by atoms with Gasteiger partial charge in [-0.2, -0.15) is 0 Å². The molecular formula is C11H15F2NO. The molecule has 0 saturated heterocycles. The van der Waals surface area contributed by atoms with Gasteiger partial charge in [0, 0.05) is 12.2 Å². The standard InChI is InChI=1S/C11H15F2NO/c1-3-15-7-11(2,14)9-6-8(12)4-5-10(9)13/h4-6H,3,7,14H2,1-2H3. The van der Waals surface area contributed by atoms with Gasteiger partial charge in [0.25, 0.3) is 0 Å². The Kier molecular flexibility index (Phi) is 3.77. The molecule has 0 fully saturated rings. The van der Waals surface area contributed by atoms with Crippen molar-refractivity contribution in [2.24, 2.45) is 5.73 Å². The summed E-state index contributed by atoms with van der Waals surface area (Å²) < 4.78 is 31.5. The topological polar surface area (TPSA) is 35.2 Å². The Morgan fingerprint density at radius 1 is 1.40 bits per heavy atom. The van der Waals surface area contributed by atoms with Crippen LogP contribution < -0.4 is 5.73 Å². The molecular weight excluding hydrogens is 200 g/mol. The summed E-state index contributed by atoms with van der Waals surface area (Å²) in [5.41, 5.74) is 4.99. The summed E-state index contributed by atoms with van der Waals surface area (Å²) in [5, 5.41) is 0. The van der Waals surface area contributed by atoms with Crippen molar-refractivity contribution in [1.29, 1.82) is 0 Å². The predicted molar refractivity (Wildman–Crippen MR) is 54.4 cm³/mol. The molecule has 1 rings (SSSR count). The van der Waals surface area contributed by atoms with Gasteiger partial charge in [0.2, 0.25) is 0 Å². The van der Waals surface area contributed by atoms with E-state index in [4.69, 9.17) is 10.5 Å². The van der Waals surface area contributed by atoms with Gasteiger partial charge in [-0.1, -0.05) is 0 Å². The van der Waals surface area contributed by atoms with E-state index in [1.165, 1.54) is 0 Å². The highest BCUT2D eigenvalue weighted by molar-refractivity contribution is 5.26. The first-order chi connectivity index (χ1) is 6.97. The molecule has 0 bridgehead atoms. The molecule has 0 heterocycles. The van der Waals surface area contributed by atoms with Gasteiger partial charge in [-0.25, -0.2) is 8.78 Å². The van der Waals surface area contributed by atoms with E-state index in [9.17, 15) is 8.78 Å². The van der Waals surface area contributed by atoms with Gasteiger partial charge in [0.1, 0.15) is 11.6 Å². The van der Waals surface area contributed by atoms with Crippen LogP contribution in [-0.4, -0.2) is 13.2 Å². The first-order valence-electron chi connectivity index (χ1n) is 4.79. The lowest BCUT2D eigenvalue weighted by atomic mass is 9.93. The minimum absolute atomic E-state index is 0.135. The minimum Gasteiger partial charge on any atom is -0.379 e. The normalized spacial score (nSPS) is 15.0. The van der Waals surface area contributed by atoms with Crippen molar-refractivity contribution in [3.05, 3.63) is 35.4 Å². The molecule has 0 amide bonds. The molecule has 1 atom stereocenters. The maximum Gasteiger partial charge on any atom is 0.128 e. The Bertz CT molecular complexity index is 339. The Balaban J connectivity index is 2.97. The average molecular weight is 215 g/mol. The van der Waals surface area contributed by atoms with Crippen molar-refractivity contribution in [3.63, 3.8) is 0 Å². The molecule has 0 aromatic heterocycles. The summed E-state index contributed by atoms with van der Waals surface area (Å²) in [6.07, 6.45) is 0. The summed E-state index contributed by atoms with van der Waals surface area (Å²) in [5.74, 6) is -1.01. The van der Waals surface area contributed by atoms with E-state index in [0.29, 0.717) is 6.61 Å². The fourth-order valence-corrected chi connectivity index (χ4v) is 1.33. The van der Waals surface area contributed by atoms with Gasteiger partial charge in [-0.3, -0.25) is 0 Å². The van der Waals surface area contributed by atoms with Crippen molar-refractivity contribution in [2.75, 3.05) is 13.2 Å². The van der Waals surface area contributed by atoms with Gasteiger partial charge in [0.05, 0.1) is 12.1 Å². The third-order valence-corrected chi connectivity index (χ3v) is 2.15. The molecule has 1 aromatic rings. The van der Waals surface area contributed by atoms with E-state index in [1.807, 2.05) is 6.92 Å². The second-order valence-corrected chi connectivity index (χ2v) is 3.68. The van der Waals surface area contributed by atoms with Gasteiger partial charge in [-0.15, -0.1) is 0 Å². The van der Waals surface area contributed by atoms with Crippen LogP contribution in [0.25, 0.3) is 0 Å². The summed E-state index contributed by atoms with van der Waals surface area (Å²) in [4.78, 5) is 0. The zero-order chi connectivity index (χ0) is 11.5. The van der Waals surface area contributed by atoms with E-state index in [0.717, 1.165) is 18.2 Å². The van der Waals surface area contributed by atoms with Crippen molar-refractivity contribution < 1.29 is 13.5 Å². The molecule has 1 aromatic carbocycles. The third-order valence-electron chi connectivity index (χ3n) is 2.15. The zero-order valence-corrected chi connectivity index (χ0v) is 8.89. The Morgan fingerprint density at radius 2 is 2.07 bits per heavy atom. The Labute approximate surface area is 88.0 Å². The maximum absolute atomic E-state index is 13.4. The number of benzene rings is 1. The molecule has 4 heteroatoms. The molecule has 0 aliphatic heterocycles. The summed E-state index contributed by atoms with van der Waals surface area (Å²) >= 11 is 0. The van der Waals surface area contributed by atoms with Crippen LogP contribution in [0.1, 0.15) is 19.4 Å². The first kappa shape index (κ1) is 12.1. The highest BCUT2D eigenvalue weighted by Crippen LogP contribution is 2.22. The molecule has 0 aliphatic rings. The lowest BCUT2D eigenvalue weighted by molar-refractivity contribution is 0.0992. The van der Waals surface area contributed by atoms with E-state index in [2.05, 4.69) is 0 Å². The molecule has 2 N–H and O–H groups in total. The Hall–Kier alpha value is -1.00. The monoisotopic (exact) mass is 215 g/mol. The number of ether oxygens (including phenoxy) is 1. The summed E-state index contributed by atoms with van der Waals surface area (Å²) in [6, 6.07) is 3.24. The van der Waals surface area contributed by atoms with E-state index >= 15 is 0 Å². The van der Waals surface area contributed by atoms with Crippen molar-refractivity contribution >= 4 is 0 Å². The SMILES string of the molecule is CCOCC(C)(N)c1cc(F)ccc1F. The Morgan fingerprint density at radius 3 is 2.67 bits per heavy atom. The van der Waals surface area contributed by atoms with Crippen molar-refractivity contribution in [1.82, 2.24) is 0 Å². The fourth-order valence-electron chi connectivity index (χ4n) is 1.33. The van der Waals surface area contributed by atoms with Crippen molar-refractivity contribution in [3.8, 4) is 0 Å². The molecule has 2 nitrogen and oxygen atoms in total. The zero-order valence-electron chi connectivity index (χ0n) is 8.89. The molecule has 0 spiro atoms. The number of hydrogen-bond acceptors (Lipinski definition) is 2. The van der Waals surface area contributed by atoms with Gasteiger partial charge in [-0.05, 0) is 32.0 Å². The van der Waals surface area contributed by atoms with Crippen LogP contribution in [0.15, 0.2) is 18.2 Å². The molecule has 15 heavy (non-hydrogen) atoms. The van der Waals surface area contributed by atoms with Crippen LogP contribution in [0.4, 0.5) is 8.78 Å². The largest absolute Gasteiger partial charge is 0.379 e. The highest BCUT2D eigenvalue weighted by atomic mass is 19.1. The highest BCUT2D eigenvalue weighted by Gasteiger charge is 2.25. The minimum atomic E-state index is -1.01. The second-order valence-electron chi connectivity index (χ2n) is 3.68.